The molecule has 1 aliphatic rings. The monoisotopic (exact) mass is 442 g/mol. The van der Waals surface area contributed by atoms with E-state index >= 15 is 0 Å². The molecule has 7 heteroatoms. The molecule has 0 radical (unpaired) electrons. The van der Waals surface area contributed by atoms with Crippen molar-refractivity contribution in [2.24, 2.45) is 0 Å². The summed E-state index contributed by atoms with van der Waals surface area (Å²) in [6, 6.07) is 11.7. The smallest absolute Gasteiger partial charge is 0.256 e. The van der Waals surface area contributed by atoms with Gasteiger partial charge < -0.3 is 4.90 Å². The van der Waals surface area contributed by atoms with Crippen LogP contribution in [0.15, 0.2) is 58.5 Å². The number of sulfone groups is 1. The fourth-order valence-electron chi connectivity index (χ4n) is 3.87. The van der Waals surface area contributed by atoms with Crippen LogP contribution in [-0.4, -0.2) is 37.3 Å². The lowest BCUT2D eigenvalue weighted by atomic mass is 10.1. The summed E-state index contributed by atoms with van der Waals surface area (Å²) in [6.07, 6.45) is 5.11. The van der Waals surface area contributed by atoms with Crippen LogP contribution < -0.4 is 0 Å². The number of nitrogens with zero attached hydrogens (tertiary/aromatic N) is 2. The van der Waals surface area contributed by atoms with E-state index < -0.39 is 9.84 Å². The predicted molar refractivity (Wildman–Crippen MR) is 118 cm³/mol. The number of carbonyl (C=O) groups excluding carboxylic acids is 1. The van der Waals surface area contributed by atoms with Gasteiger partial charge in [-0.15, -0.1) is 0 Å². The van der Waals surface area contributed by atoms with Gasteiger partial charge >= 0.3 is 0 Å². The summed E-state index contributed by atoms with van der Waals surface area (Å²) in [5.74, 6) is -0.298. The zero-order valence-electron chi connectivity index (χ0n) is 16.8. The van der Waals surface area contributed by atoms with E-state index in [9.17, 15) is 13.2 Å². The van der Waals surface area contributed by atoms with E-state index in [1.807, 2.05) is 6.92 Å². The molecule has 0 aliphatic carbocycles. The van der Waals surface area contributed by atoms with Crippen molar-refractivity contribution in [1.82, 2.24) is 9.88 Å². The van der Waals surface area contributed by atoms with Gasteiger partial charge in [0.05, 0.1) is 20.9 Å². The van der Waals surface area contributed by atoms with Crippen molar-refractivity contribution in [3.8, 4) is 0 Å². The minimum absolute atomic E-state index is 0.0187. The van der Waals surface area contributed by atoms with Crippen LogP contribution in [-0.2, 0) is 16.3 Å². The summed E-state index contributed by atoms with van der Waals surface area (Å²) in [5.41, 5.74) is 1.63. The summed E-state index contributed by atoms with van der Waals surface area (Å²) >= 11 is 6.19. The lowest BCUT2D eigenvalue weighted by Gasteiger charge is -2.27. The van der Waals surface area contributed by atoms with Gasteiger partial charge in [0.2, 0.25) is 9.84 Å². The fraction of sp³-hybridized carbons (Fsp3) is 0.304. The van der Waals surface area contributed by atoms with Gasteiger partial charge in [-0.2, -0.15) is 0 Å². The van der Waals surface area contributed by atoms with Gasteiger partial charge in [-0.1, -0.05) is 30.7 Å². The Bertz CT molecular complexity index is 1200. The van der Waals surface area contributed by atoms with Crippen molar-refractivity contribution >= 4 is 38.2 Å². The first-order valence-corrected chi connectivity index (χ1v) is 12.0. The highest BCUT2D eigenvalue weighted by atomic mass is 35.5. The second-order valence-corrected chi connectivity index (χ2v) is 9.84. The summed E-state index contributed by atoms with van der Waals surface area (Å²) in [6.45, 7) is 3.26. The molecule has 2 heterocycles. The molecule has 0 saturated carbocycles. The molecule has 1 aliphatic heterocycles. The molecular formula is C23H23ClN2O3S. The van der Waals surface area contributed by atoms with Gasteiger partial charge in [0, 0.05) is 29.7 Å². The van der Waals surface area contributed by atoms with Gasteiger partial charge in [-0.05, 0) is 61.6 Å². The van der Waals surface area contributed by atoms with Crippen LogP contribution in [0.4, 0.5) is 0 Å². The maximum absolute atomic E-state index is 13.7. The van der Waals surface area contributed by atoms with Crippen LogP contribution in [0.2, 0.25) is 5.02 Å². The molecule has 3 aromatic rings. The summed E-state index contributed by atoms with van der Waals surface area (Å²) in [5, 5.41) is 0.759. The topological polar surface area (TPSA) is 67.3 Å². The molecule has 1 amide bonds. The number of piperidine rings is 1. The molecule has 1 aromatic heterocycles. The van der Waals surface area contributed by atoms with Crippen molar-refractivity contribution in [2.45, 2.75) is 42.4 Å². The average Bonchev–Trinajstić information content (AvgIpc) is 2.78. The van der Waals surface area contributed by atoms with E-state index in [0.717, 1.165) is 31.2 Å². The van der Waals surface area contributed by atoms with Gasteiger partial charge in [-0.3, -0.25) is 9.78 Å². The van der Waals surface area contributed by atoms with E-state index in [2.05, 4.69) is 4.98 Å². The highest BCUT2D eigenvalue weighted by Gasteiger charge is 2.30. The molecule has 0 N–H and O–H groups in total. The molecule has 0 bridgehead atoms. The Labute approximate surface area is 181 Å². The Morgan fingerprint density at radius 2 is 1.77 bits per heavy atom. The van der Waals surface area contributed by atoms with Crippen LogP contribution in [0.3, 0.4) is 0 Å². The number of aryl methyl sites for hydroxylation is 1. The molecule has 0 spiro atoms. The van der Waals surface area contributed by atoms with Crippen LogP contribution in [0, 0.1) is 0 Å². The third kappa shape index (κ3) is 3.82. The molecule has 0 unspecified atom stereocenters. The number of benzene rings is 2. The van der Waals surface area contributed by atoms with Crippen LogP contribution in [0.25, 0.3) is 10.9 Å². The van der Waals surface area contributed by atoms with Crippen LogP contribution in [0.5, 0.6) is 0 Å². The lowest BCUT2D eigenvalue weighted by Crippen LogP contribution is -2.36. The van der Waals surface area contributed by atoms with Crippen molar-refractivity contribution < 1.29 is 13.2 Å². The first kappa shape index (κ1) is 20.8. The van der Waals surface area contributed by atoms with Gasteiger partial charge in [0.1, 0.15) is 0 Å². The number of carbonyl (C=O) groups is 1. The Balaban J connectivity index is 1.94. The molecular weight excluding hydrogens is 420 g/mol. The number of amides is 1. The zero-order chi connectivity index (χ0) is 21.3. The number of rotatable bonds is 4. The van der Waals surface area contributed by atoms with E-state index in [0.29, 0.717) is 29.0 Å². The Hall–Kier alpha value is -2.44. The molecule has 5 nitrogen and oxygen atoms in total. The number of likely N-dealkylation sites (tertiary alicyclic amines) is 1. The highest BCUT2D eigenvalue weighted by Crippen LogP contribution is 2.33. The minimum atomic E-state index is -3.97. The van der Waals surface area contributed by atoms with Crippen LogP contribution in [0.1, 0.15) is 42.1 Å². The third-order valence-electron chi connectivity index (χ3n) is 5.56. The second-order valence-electron chi connectivity index (χ2n) is 7.52. The molecule has 4 rings (SSSR count). The first-order valence-electron chi connectivity index (χ1n) is 10.1. The predicted octanol–water partition coefficient (Wildman–Crippen LogP) is 4.91. The standard InChI is InChI=1S/C23H23ClN2O3S/c1-2-16-6-9-18(10-7-16)30(28,29)22-19-14-17(24)8-11-21(19)25-15-20(22)23(27)26-12-4-3-5-13-26/h6-11,14-15H,2-5,12-13H2,1H3. The summed E-state index contributed by atoms with van der Waals surface area (Å²) < 4.78 is 27.5. The van der Waals surface area contributed by atoms with Crippen molar-refractivity contribution in [3.63, 3.8) is 0 Å². The molecule has 1 fully saturated rings. The van der Waals surface area contributed by atoms with Gasteiger partial charge in [0.15, 0.2) is 0 Å². The zero-order valence-corrected chi connectivity index (χ0v) is 18.3. The number of halogens is 1. The number of aromatic nitrogens is 1. The largest absolute Gasteiger partial charge is 0.339 e. The van der Waals surface area contributed by atoms with Gasteiger partial charge in [-0.25, -0.2) is 8.42 Å². The first-order chi connectivity index (χ1) is 14.4. The van der Waals surface area contributed by atoms with E-state index in [4.69, 9.17) is 11.6 Å². The quantitative estimate of drug-likeness (QED) is 0.575. The molecule has 1 saturated heterocycles. The van der Waals surface area contributed by atoms with E-state index in [-0.39, 0.29) is 21.3 Å². The normalized spacial score (nSPS) is 14.8. The molecule has 30 heavy (non-hydrogen) atoms. The van der Waals surface area contributed by atoms with Gasteiger partial charge in [0.25, 0.3) is 5.91 Å². The number of fused-ring (bicyclic) bond motifs is 1. The third-order valence-corrected chi connectivity index (χ3v) is 7.67. The van der Waals surface area contributed by atoms with E-state index in [1.165, 1.54) is 6.20 Å². The number of pyridine rings is 1. The fourth-order valence-corrected chi connectivity index (χ4v) is 5.66. The minimum Gasteiger partial charge on any atom is -0.339 e. The SMILES string of the molecule is CCc1ccc(S(=O)(=O)c2c(C(=O)N3CCCCC3)cnc3ccc(Cl)cc23)cc1. The number of hydrogen-bond acceptors (Lipinski definition) is 4. The second kappa shape index (κ2) is 8.36. The summed E-state index contributed by atoms with van der Waals surface area (Å²) in [4.78, 5) is 19.5. The highest BCUT2D eigenvalue weighted by molar-refractivity contribution is 7.91. The van der Waals surface area contributed by atoms with Crippen molar-refractivity contribution in [3.05, 3.63) is 64.8 Å². The van der Waals surface area contributed by atoms with Crippen molar-refractivity contribution in [2.75, 3.05) is 13.1 Å². The maximum Gasteiger partial charge on any atom is 0.256 e. The number of hydrogen-bond donors (Lipinski definition) is 0. The lowest BCUT2D eigenvalue weighted by molar-refractivity contribution is 0.0720. The average molecular weight is 443 g/mol. The van der Waals surface area contributed by atoms with E-state index in [1.54, 1.807) is 47.4 Å². The van der Waals surface area contributed by atoms with Crippen molar-refractivity contribution in [1.29, 1.82) is 0 Å². The molecule has 0 atom stereocenters. The van der Waals surface area contributed by atoms with Crippen LogP contribution >= 0.6 is 11.6 Å². The Morgan fingerprint density at radius 3 is 2.43 bits per heavy atom. The Morgan fingerprint density at radius 1 is 1.07 bits per heavy atom. The summed E-state index contributed by atoms with van der Waals surface area (Å²) in [7, 11) is -3.97. The maximum atomic E-state index is 13.7. The molecule has 2 aromatic carbocycles. The molecule has 156 valence electrons. The Kier molecular flexibility index (Phi) is 5.80.